The first-order valence-corrected chi connectivity index (χ1v) is 10.1. The molecule has 0 bridgehead atoms. The van der Waals surface area contributed by atoms with Crippen LogP contribution < -0.4 is 20.2 Å². The Balaban J connectivity index is 1.44. The van der Waals surface area contributed by atoms with Gasteiger partial charge in [0.1, 0.15) is 11.5 Å². The van der Waals surface area contributed by atoms with Crippen LogP contribution in [0.3, 0.4) is 0 Å². The van der Waals surface area contributed by atoms with Gasteiger partial charge >= 0.3 is 5.97 Å². The highest BCUT2D eigenvalue weighted by Gasteiger charge is 2.09. The van der Waals surface area contributed by atoms with E-state index in [4.69, 9.17) is 9.47 Å². The number of methoxy groups -OCH3 is 1. The molecule has 8 nitrogen and oxygen atoms in total. The van der Waals surface area contributed by atoms with Crippen LogP contribution in [0.25, 0.3) is 0 Å². The van der Waals surface area contributed by atoms with Gasteiger partial charge in [-0.15, -0.1) is 0 Å². The van der Waals surface area contributed by atoms with Crippen molar-refractivity contribution in [3.05, 3.63) is 95.1 Å². The quantitative estimate of drug-likeness (QED) is 0.240. The second kappa shape index (κ2) is 11.2. The zero-order chi connectivity index (χ0) is 23.6. The van der Waals surface area contributed by atoms with E-state index in [1.807, 2.05) is 19.1 Å². The molecule has 2 amide bonds. The Morgan fingerprint density at radius 1 is 0.848 bits per heavy atom. The van der Waals surface area contributed by atoms with Crippen molar-refractivity contribution < 1.29 is 23.9 Å². The van der Waals surface area contributed by atoms with Crippen LogP contribution in [0.1, 0.15) is 31.8 Å². The summed E-state index contributed by atoms with van der Waals surface area (Å²) < 4.78 is 10.4. The van der Waals surface area contributed by atoms with Crippen molar-refractivity contribution in [1.82, 2.24) is 10.7 Å². The predicted octanol–water partition coefficient (Wildman–Crippen LogP) is 3.10. The van der Waals surface area contributed by atoms with Crippen molar-refractivity contribution in [2.24, 2.45) is 5.10 Å². The van der Waals surface area contributed by atoms with Crippen LogP contribution in [-0.4, -0.2) is 37.7 Å². The van der Waals surface area contributed by atoms with Crippen LogP contribution in [0.15, 0.2) is 77.9 Å². The molecule has 0 unspecified atom stereocenters. The third kappa shape index (κ3) is 7.03. The number of carbonyl (C=O) groups excluding carboxylic acids is 3. The molecule has 33 heavy (non-hydrogen) atoms. The van der Waals surface area contributed by atoms with Gasteiger partial charge in [0.05, 0.1) is 25.4 Å². The molecule has 3 aromatic carbocycles. The van der Waals surface area contributed by atoms with Crippen LogP contribution in [0.2, 0.25) is 0 Å². The minimum atomic E-state index is -0.487. The molecule has 8 heteroatoms. The number of nitrogens with zero attached hydrogens (tertiary/aromatic N) is 1. The molecule has 0 saturated carbocycles. The van der Waals surface area contributed by atoms with E-state index >= 15 is 0 Å². The number of hydrogen-bond donors (Lipinski definition) is 2. The smallest absolute Gasteiger partial charge is 0.343 e. The van der Waals surface area contributed by atoms with Gasteiger partial charge in [0, 0.05) is 5.56 Å². The molecule has 0 saturated heterocycles. The summed E-state index contributed by atoms with van der Waals surface area (Å²) in [5.74, 6) is -0.267. The average Bonchev–Trinajstić information content (AvgIpc) is 2.84. The van der Waals surface area contributed by atoms with Gasteiger partial charge in [-0.05, 0) is 73.2 Å². The van der Waals surface area contributed by atoms with Gasteiger partial charge < -0.3 is 14.8 Å². The average molecular weight is 445 g/mol. The normalized spacial score (nSPS) is 10.5. The summed E-state index contributed by atoms with van der Waals surface area (Å²) in [4.78, 5) is 36.1. The number of hydrazone groups is 1. The topological polar surface area (TPSA) is 106 Å². The van der Waals surface area contributed by atoms with Gasteiger partial charge in [0.2, 0.25) is 0 Å². The van der Waals surface area contributed by atoms with Gasteiger partial charge in [0.15, 0.2) is 0 Å². The molecule has 0 radical (unpaired) electrons. The number of amides is 2. The third-order valence-electron chi connectivity index (χ3n) is 4.54. The van der Waals surface area contributed by atoms with Crippen molar-refractivity contribution in [2.45, 2.75) is 6.92 Å². The maximum atomic E-state index is 12.2. The van der Waals surface area contributed by atoms with Crippen molar-refractivity contribution in [3.63, 3.8) is 0 Å². The number of aryl methyl sites for hydroxylation is 1. The van der Waals surface area contributed by atoms with Crippen LogP contribution in [0.4, 0.5) is 0 Å². The monoisotopic (exact) mass is 445 g/mol. The SMILES string of the molecule is COc1ccc(C(=O)Oc2ccc(C=NNC(=O)CNC(=O)c3ccc(C)cc3)cc2)cc1. The summed E-state index contributed by atoms with van der Waals surface area (Å²) in [5.41, 5.74) is 4.95. The molecular formula is C25H23N3O5. The molecule has 0 fully saturated rings. The number of carbonyl (C=O) groups is 3. The first-order valence-electron chi connectivity index (χ1n) is 10.1. The van der Waals surface area contributed by atoms with E-state index in [0.29, 0.717) is 28.2 Å². The van der Waals surface area contributed by atoms with E-state index in [-0.39, 0.29) is 12.5 Å². The molecule has 0 aromatic heterocycles. The van der Waals surface area contributed by atoms with Gasteiger partial charge in [-0.2, -0.15) is 5.10 Å². The summed E-state index contributed by atoms with van der Waals surface area (Å²) in [6, 6.07) is 20.2. The molecule has 3 rings (SSSR count). The standard InChI is InChI=1S/C25H23N3O5/c1-17-3-7-19(8-4-17)24(30)26-16-23(29)28-27-15-18-5-11-22(12-6-18)33-25(31)20-9-13-21(32-2)14-10-20/h3-15H,16H2,1-2H3,(H,26,30)(H,28,29). The molecule has 2 N–H and O–H groups in total. The fourth-order valence-electron chi connectivity index (χ4n) is 2.70. The first kappa shape index (κ1) is 23.2. The lowest BCUT2D eigenvalue weighted by Crippen LogP contribution is -2.34. The van der Waals surface area contributed by atoms with E-state index in [2.05, 4.69) is 15.8 Å². The van der Waals surface area contributed by atoms with E-state index in [1.54, 1.807) is 67.8 Å². The Morgan fingerprint density at radius 2 is 1.45 bits per heavy atom. The Hall–Kier alpha value is -4.46. The fourth-order valence-corrected chi connectivity index (χ4v) is 2.70. The maximum absolute atomic E-state index is 12.2. The summed E-state index contributed by atoms with van der Waals surface area (Å²) in [6.45, 7) is 1.72. The summed E-state index contributed by atoms with van der Waals surface area (Å²) >= 11 is 0. The Labute approximate surface area is 191 Å². The van der Waals surface area contributed by atoms with Gasteiger partial charge in [0.25, 0.3) is 11.8 Å². The summed E-state index contributed by atoms with van der Waals surface area (Å²) in [6.07, 6.45) is 1.44. The summed E-state index contributed by atoms with van der Waals surface area (Å²) in [7, 11) is 1.55. The lowest BCUT2D eigenvalue weighted by atomic mass is 10.1. The molecule has 0 atom stereocenters. The van der Waals surface area contributed by atoms with E-state index in [1.165, 1.54) is 6.21 Å². The lowest BCUT2D eigenvalue weighted by Gasteiger charge is -2.06. The minimum Gasteiger partial charge on any atom is -0.497 e. The molecule has 0 aliphatic heterocycles. The number of ether oxygens (including phenoxy) is 2. The maximum Gasteiger partial charge on any atom is 0.343 e. The number of esters is 1. The summed E-state index contributed by atoms with van der Waals surface area (Å²) in [5, 5.41) is 6.39. The molecule has 168 valence electrons. The predicted molar refractivity (Wildman–Crippen MR) is 124 cm³/mol. The van der Waals surface area contributed by atoms with Crippen LogP contribution in [-0.2, 0) is 4.79 Å². The highest BCUT2D eigenvalue weighted by atomic mass is 16.5. The van der Waals surface area contributed by atoms with E-state index in [9.17, 15) is 14.4 Å². The zero-order valence-corrected chi connectivity index (χ0v) is 18.2. The molecule has 0 spiro atoms. The van der Waals surface area contributed by atoms with E-state index < -0.39 is 11.9 Å². The number of nitrogens with one attached hydrogen (secondary N) is 2. The molecule has 3 aromatic rings. The van der Waals surface area contributed by atoms with Gasteiger partial charge in [-0.3, -0.25) is 9.59 Å². The minimum absolute atomic E-state index is 0.204. The largest absolute Gasteiger partial charge is 0.497 e. The zero-order valence-electron chi connectivity index (χ0n) is 18.2. The molecule has 0 aliphatic rings. The number of rotatable bonds is 8. The number of hydrogen-bond acceptors (Lipinski definition) is 6. The second-order valence-electron chi connectivity index (χ2n) is 7.03. The van der Waals surface area contributed by atoms with Crippen molar-refractivity contribution in [2.75, 3.05) is 13.7 Å². The van der Waals surface area contributed by atoms with Gasteiger partial charge in [-0.1, -0.05) is 17.7 Å². The highest BCUT2D eigenvalue weighted by molar-refractivity contribution is 5.96. The second-order valence-corrected chi connectivity index (χ2v) is 7.03. The van der Waals surface area contributed by atoms with Gasteiger partial charge in [-0.25, -0.2) is 10.2 Å². The van der Waals surface area contributed by atoms with Crippen molar-refractivity contribution in [3.8, 4) is 11.5 Å². The van der Waals surface area contributed by atoms with Crippen LogP contribution >= 0.6 is 0 Å². The van der Waals surface area contributed by atoms with Crippen molar-refractivity contribution >= 4 is 24.0 Å². The van der Waals surface area contributed by atoms with Crippen LogP contribution in [0, 0.1) is 6.92 Å². The van der Waals surface area contributed by atoms with Crippen molar-refractivity contribution in [1.29, 1.82) is 0 Å². The Kier molecular flexibility index (Phi) is 7.91. The van der Waals surface area contributed by atoms with E-state index in [0.717, 1.165) is 5.56 Å². The Bertz CT molecular complexity index is 1140. The number of benzene rings is 3. The fraction of sp³-hybridized carbons (Fsp3) is 0.120. The highest BCUT2D eigenvalue weighted by Crippen LogP contribution is 2.16. The van der Waals surface area contributed by atoms with Crippen LogP contribution in [0.5, 0.6) is 11.5 Å². The molecule has 0 heterocycles. The third-order valence-corrected chi connectivity index (χ3v) is 4.54. The Morgan fingerprint density at radius 3 is 2.09 bits per heavy atom. The lowest BCUT2D eigenvalue weighted by molar-refractivity contribution is -0.120. The molecular weight excluding hydrogens is 422 g/mol. The first-order chi connectivity index (χ1) is 15.9. The molecule has 0 aliphatic carbocycles.